The SMILES string of the molecule is CCNC(=NC)c1cn2ccc(-c3ccc(-c4cc5ccc(C6=NCCCN6)cc5[nH]4)cc3)cc2n1. The van der Waals surface area contributed by atoms with Crippen LogP contribution in [-0.2, 0) is 0 Å². The van der Waals surface area contributed by atoms with E-state index < -0.39 is 0 Å². The second kappa shape index (κ2) is 9.34. The summed E-state index contributed by atoms with van der Waals surface area (Å²) < 4.78 is 2.03. The molecule has 2 aromatic carbocycles. The quantitative estimate of drug-likeness (QED) is 0.250. The molecule has 1 aliphatic rings. The van der Waals surface area contributed by atoms with Crippen LogP contribution in [-0.4, -0.2) is 52.7 Å². The lowest BCUT2D eigenvalue weighted by molar-refractivity contribution is 0.742. The summed E-state index contributed by atoms with van der Waals surface area (Å²) in [5.41, 5.74) is 8.54. The van der Waals surface area contributed by atoms with E-state index in [9.17, 15) is 0 Å². The molecule has 0 bridgehead atoms. The molecule has 36 heavy (non-hydrogen) atoms. The number of imidazole rings is 1. The number of nitrogens with zero attached hydrogens (tertiary/aromatic N) is 4. The summed E-state index contributed by atoms with van der Waals surface area (Å²) in [7, 11) is 1.78. The molecule has 0 amide bonds. The number of aromatic amines is 1. The van der Waals surface area contributed by atoms with E-state index in [1.165, 1.54) is 5.39 Å². The number of benzene rings is 2. The van der Waals surface area contributed by atoms with Crippen molar-refractivity contribution in [1.29, 1.82) is 0 Å². The summed E-state index contributed by atoms with van der Waals surface area (Å²) in [6, 6.07) is 21.6. The smallest absolute Gasteiger partial charge is 0.148 e. The highest BCUT2D eigenvalue weighted by atomic mass is 15.1. The minimum atomic E-state index is 0.806. The van der Waals surface area contributed by atoms with Crippen molar-refractivity contribution in [3.05, 3.63) is 84.3 Å². The standard InChI is InChI=1S/C29H29N7/c1-3-31-29(30-2)26-18-36-14-11-21(17-27(36)35-26)19-5-7-20(8-6-19)24-15-22-9-10-23(16-25(22)34-24)28-32-12-4-13-33-28/h5-11,14-18,34H,3-4,12-13H2,1-2H3,(H,30,31)(H,32,33). The lowest BCUT2D eigenvalue weighted by Crippen LogP contribution is -2.30. The molecular formula is C29H29N7. The predicted molar refractivity (Wildman–Crippen MR) is 148 cm³/mol. The first-order chi connectivity index (χ1) is 17.7. The largest absolute Gasteiger partial charge is 0.370 e. The van der Waals surface area contributed by atoms with Crippen LogP contribution in [0.3, 0.4) is 0 Å². The molecule has 0 saturated heterocycles. The maximum Gasteiger partial charge on any atom is 0.148 e. The van der Waals surface area contributed by atoms with Gasteiger partial charge in [-0.05, 0) is 54.3 Å². The van der Waals surface area contributed by atoms with Gasteiger partial charge in [0, 0.05) is 61.2 Å². The second-order valence-electron chi connectivity index (χ2n) is 8.98. The van der Waals surface area contributed by atoms with Crippen molar-refractivity contribution >= 4 is 28.2 Å². The van der Waals surface area contributed by atoms with Crippen LogP contribution in [0.5, 0.6) is 0 Å². The summed E-state index contributed by atoms with van der Waals surface area (Å²) >= 11 is 0. The van der Waals surface area contributed by atoms with Gasteiger partial charge in [-0.2, -0.15) is 0 Å². The van der Waals surface area contributed by atoms with Gasteiger partial charge in [-0.3, -0.25) is 9.98 Å². The van der Waals surface area contributed by atoms with Crippen LogP contribution in [0, 0.1) is 0 Å². The van der Waals surface area contributed by atoms with Crippen LogP contribution in [0.4, 0.5) is 0 Å². The van der Waals surface area contributed by atoms with E-state index in [1.807, 2.05) is 10.6 Å². The van der Waals surface area contributed by atoms with Crippen LogP contribution >= 0.6 is 0 Å². The number of fused-ring (bicyclic) bond motifs is 2. The lowest BCUT2D eigenvalue weighted by atomic mass is 10.0. The first-order valence-corrected chi connectivity index (χ1v) is 12.4. The average molecular weight is 476 g/mol. The van der Waals surface area contributed by atoms with E-state index >= 15 is 0 Å². The van der Waals surface area contributed by atoms with E-state index in [0.717, 1.165) is 82.5 Å². The topological polar surface area (TPSA) is 81.9 Å². The molecule has 0 fully saturated rings. The molecule has 0 radical (unpaired) electrons. The number of pyridine rings is 1. The van der Waals surface area contributed by atoms with Crippen LogP contribution < -0.4 is 10.6 Å². The highest BCUT2D eigenvalue weighted by Crippen LogP contribution is 2.28. The molecule has 3 N–H and O–H groups in total. The summed E-state index contributed by atoms with van der Waals surface area (Å²) in [4.78, 5) is 17.3. The zero-order chi connectivity index (χ0) is 24.5. The monoisotopic (exact) mass is 475 g/mol. The Hall–Kier alpha value is -4.39. The highest BCUT2D eigenvalue weighted by Gasteiger charge is 2.11. The molecule has 0 unspecified atom stereocenters. The van der Waals surface area contributed by atoms with Gasteiger partial charge >= 0.3 is 0 Å². The van der Waals surface area contributed by atoms with E-state index in [4.69, 9.17) is 4.98 Å². The van der Waals surface area contributed by atoms with Gasteiger partial charge in [-0.1, -0.05) is 36.4 Å². The van der Waals surface area contributed by atoms with Gasteiger partial charge in [0.15, 0.2) is 0 Å². The predicted octanol–water partition coefficient (Wildman–Crippen LogP) is 4.88. The number of hydrogen-bond acceptors (Lipinski definition) is 4. The number of rotatable bonds is 5. The highest BCUT2D eigenvalue weighted by molar-refractivity contribution is 6.02. The second-order valence-corrected chi connectivity index (χ2v) is 8.98. The Morgan fingerprint density at radius 2 is 1.83 bits per heavy atom. The number of hydrogen-bond donors (Lipinski definition) is 3. The van der Waals surface area contributed by atoms with Crippen molar-refractivity contribution in [3.63, 3.8) is 0 Å². The molecule has 0 saturated carbocycles. The number of nitrogens with one attached hydrogen (secondary N) is 3. The van der Waals surface area contributed by atoms with E-state index in [1.54, 1.807) is 7.05 Å². The molecule has 180 valence electrons. The third-order valence-corrected chi connectivity index (χ3v) is 6.59. The molecule has 7 nitrogen and oxygen atoms in total. The van der Waals surface area contributed by atoms with Gasteiger partial charge in [0.25, 0.3) is 0 Å². The summed E-state index contributed by atoms with van der Waals surface area (Å²) in [5.74, 6) is 1.80. The van der Waals surface area contributed by atoms with Crippen LogP contribution in [0.2, 0.25) is 0 Å². The number of aromatic nitrogens is 3. The third kappa shape index (κ3) is 4.13. The third-order valence-electron chi connectivity index (χ3n) is 6.59. The van der Waals surface area contributed by atoms with Gasteiger partial charge in [0.1, 0.15) is 23.0 Å². The molecular weight excluding hydrogens is 446 g/mol. The maximum absolute atomic E-state index is 4.77. The van der Waals surface area contributed by atoms with Crippen LogP contribution in [0.15, 0.2) is 83.0 Å². The zero-order valence-electron chi connectivity index (χ0n) is 20.5. The molecule has 0 atom stereocenters. The fourth-order valence-corrected chi connectivity index (χ4v) is 4.73. The first kappa shape index (κ1) is 22.1. The van der Waals surface area contributed by atoms with Gasteiger partial charge in [0.2, 0.25) is 0 Å². The minimum Gasteiger partial charge on any atom is -0.370 e. The molecule has 4 heterocycles. The first-order valence-electron chi connectivity index (χ1n) is 12.4. The molecule has 6 rings (SSSR count). The Bertz CT molecular complexity index is 1600. The summed E-state index contributed by atoms with van der Waals surface area (Å²) in [6.45, 7) is 4.74. The Kier molecular flexibility index (Phi) is 5.73. The normalized spacial score (nSPS) is 14.2. The van der Waals surface area contributed by atoms with Gasteiger partial charge < -0.3 is 20.0 Å². The number of aliphatic imine (C=N–C) groups is 2. The molecule has 5 aromatic rings. The molecule has 3 aromatic heterocycles. The van der Waals surface area contributed by atoms with E-state index in [0.29, 0.717) is 0 Å². The average Bonchev–Trinajstić information content (AvgIpc) is 3.55. The molecule has 7 heteroatoms. The van der Waals surface area contributed by atoms with Crippen molar-refractivity contribution in [3.8, 4) is 22.4 Å². The fraction of sp³-hybridized carbons (Fsp3) is 0.207. The van der Waals surface area contributed by atoms with Crippen molar-refractivity contribution in [1.82, 2.24) is 25.0 Å². The fourth-order valence-electron chi connectivity index (χ4n) is 4.73. The molecule has 0 aliphatic carbocycles. The summed E-state index contributed by atoms with van der Waals surface area (Å²) in [6.07, 6.45) is 5.15. The Morgan fingerprint density at radius 1 is 1.00 bits per heavy atom. The van der Waals surface area contributed by atoms with E-state index in [-0.39, 0.29) is 0 Å². The number of amidine groups is 2. The molecule has 0 spiro atoms. The van der Waals surface area contributed by atoms with Crippen molar-refractivity contribution in [2.75, 3.05) is 26.7 Å². The van der Waals surface area contributed by atoms with Crippen molar-refractivity contribution in [2.24, 2.45) is 9.98 Å². The lowest BCUT2D eigenvalue weighted by Gasteiger charge is -2.14. The van der Waals surface area contributed by atoms with Gasteiger partial charge in [0.05, 0.1) is 0 Å². The minimum absolute atomic E-state index is 0.806. The Morgan fingerprint density at radius 3 is 2.61 bits per heavy atom. The zero-order valence-corrected chi connectivity index (χ0v) is 20.5. The van der Waals surface area contributed by atoms with E-state index in [2.05, 4.69) is 99.4 Å². The molecule has 1 aliphatic heterocycles. The van der Waals surface area contributed by atoms with Gasteiger partial charge in [-0.15, -0.1) is 0 Å². The summed E-state index contributed by atoms with van der Waals surface area (Å²) in [5, 5.41) is 7.87. The van der Waals surface area contributed by atoms with Crippen LogP contribution in [0.1, 0.15) is 24.6 Å². The Balaban J connectivity index is 1.27. The number of H-pyrrole nitrogens is 1. The van der Waals surface area contributed by atoms with Crippen LogP contribution in [0.25, 0.3) is 38.9 Å². The Labute approximate surface area is 210 Å². The van der Waals surface area contributed by atoms with Crippen molar-refractivity contribution in [2.45, 2.75) is 13.3 Å². The maximum atomic E-state index is 4.77. The van der Waals surface area contributed by atoms with Gasteiger partial charge in [-0.25, -0.2) is 4.98 Å². The van der Waals surface area contributed by atoms with Crippen molar-refractivity contribution < 1.29 is 0 Å².